The Hall–Kier alpha value is -0.890. The van der Waals surface area contributed by atoms with E-state index in [-0.39, 0.29) is 4.90 Å². The van der Waals surface area contributed by atoms with Gasteiger partial charge in [0.1, 0.15) is 16.4 Å². The summed E-state index contributed by atoms with van der Waals surface area (Å²) in [6.07, 6.45) is 0. The highest BCUT2D eigenvalue weighted by Gasteiger charge is 2.29. The van der Waals surface area contributed by atoms with Crippen LogP contribution in [0.25, 0.3) is 0 Å². The monoisotopic (exact) mass is 288 g/mol. The SMILES string of the molecule is CCNCc1cc(S(=O)(=O)N2CCOCC2)c(C)o1. The molecule has 0 spiro atoms. The van der Waals surface area contributed by atoms with Crippen molar-refractivity contribution in [1.29, 1.82) is 0 Å². The highest BCUT2D eigenvalue weighted by Crippen LogP contribution is 2.24. The van der Waals surface area contributed by atoms with E-state index < -0.39 is 10.0 Å². The van der Waals surface area contributed by atoms with Crippen molar-refractivity contribution in [3.63, 3.8) is 0 Å². The highest BCUT2D eigenvalue weighted by atomic mass is 32.2. The fourth-order valence-electron chi connectivity index (χ4n) is 2.04. The van der Waals surface area contributed by atoms with Crippen LogP contribution in [0.15, 0.2) is 15.4 Å². The van der Waals surface area contributed by atoms with Gasteiger partial charge in [-0.2, -0.15) is 4.31 Å². The Balaban J connectivity index is 2.21. The lowest BCUT2D eigenvalue weighted by molar-refractivity contribution is 0.0730. The topological polar surface area (TPSA) is 71.8 Å². The molecule has 0 aliphatic carbocycles. The lowest BCUT2D eigenvalue weighted by Crippen LogP contribution is -2.40. The van der Waals surface area contributed by atoms with E-state index in [0.29, 0.717) is 44.4 Å². The van der Waals surface area contributed by atoms with Crippen molar-refractivity contribution >= 4 is 10.0 Å². The molecule has 0 saturated carbocycles. The molecular weight excluding hydrogens is 268 g/mol. The van der Waals surface area contributed by atoms with Crippen molar-refractivity contribution in [2.24, 2.45) is 0 Å². The van der Waals surface area contributed by atoms with Crippen LogP contribution in [-0.4, -0.2) is 45.6 Å². The van der Waals surface area contributed by atoms with Gasteiger partial charge < -0.3 is 14.5 Å². The summed E-state index contributed by atoms with van der Waals surface area (Å²) in [5, 5.41) is 3.11. The number of nitrogens with zero attached hydrogens (tertiary/aromatic N) is 1. The molecule has 2 rings (SSSR count). The average Bonchev–Trinajstić information content (AvgIpc) is 2.79. The summed E-state index contributed by atoms with van der Waals surface area (Å²) in [5.41, 5.74) is 0. The molecule has 108 valence electrons. The highest BCUT2D eigenvalue weighted by molar-refractivity contribution is 7.89. The number of morpholine rings is 1. The summed E-state index contributed by atoms with van der Waals surface area (Å²) < 4.78 is 37.1. The van der Waals surface area contributed by atoms with E-state index in [1.54, 1.807) is 13.0 Å². The minimum absolute atomic E-state index is 0.266. The molecule has 1 aliphatic heterocycles. The number of ether oxygens (including phenoxy) is 1. The first-order chi connectivity index (χ1) is 9.05. The van der Waals surface area contributed by atoms with Crippen molar-refractivity contribution in [3.05, 3.63) is 17.6 Å². The van der Waals surface area contributed by atoms with Gasteiger partial charge in [0, 0.05) is 19.2 Å². The number of nitrogens with one attached hydrogen (secondary N) is 1. The third kappa shape index (κ3) is 3.17. The number of rotatable bonds is 5. The molecule has 0 bridgehead atoms. The van der Waals surface area contributed by atoms with E-state index in [9.17, 15) is 8.42 Å². The van der Waals surface area contributed by atoms with Gasteiger partial charge in [-0.3, -0.25) is 0 Å². The summed E-state index contributed by atoms with van der Waals surface area (Å²) in [4.78, 5) is 0.266. The number of sulfonamides is 1. The lowest BCUT2D eigenvalue weighted by Gasteiger charge is -2.25. The molecular formula is C12H20N2O4S. The first-order valence-electron chi connectivity index (χ1n) is 6.43. The minimum Gasteiger partial charge on any atom is -0.464 e. The van der Waals surface area contributed by atoms with Crippen LogP contribution in [-0.2, 0) is 21.3 Å². The second kappa shape index (κ2) is 6.04. The van der Waals surface area contributed by atoms with E-state index in [0.717, 1.165) is 6.54 Å². The Labute approximate surface area is 113 Å². The van der Waals surface area contributed by atoms with E-state index >= 15 is 0 Å². The van der Waals surface area contributed by atoms with Crippen molar-refractivity contribution in [3.8, 4) is 0 Å². The van der Waals surface area contributed by atoms with E-state index in [1.807, 2.05) is 6.92 Å². The van der Waals surface area contributed by atoms with Crippen molar-refractivity contribution < 1.29 is 17.6 Å². The maximum absolute atomic E-state index is 12.5. The molecule has 6 nitrogen and oxygen atoms in total. The third-order valence-corrected chi connectivity index (χ3v) is 5.07. The molecule has 2 heterocycles. The summed E-state index contributed by atoms with van der Waals surface area (Å²) in [6, 6.07) is 1.61. The second-order valence-corrected chi connectivity index (χ2v) is 6.34. The van der Waals surface area contributed by atoms with Gasteiger partial charge >= 0.3 is 0 Å². The smallest absolute Gasteiger partial charge is 0.246 e. The zero-order valence-electron chi connectivity index (χ0n) is 11.3. The molecule has 1 aliphatic rings. The van der Waals surface area contributed by atoms with Crippen LogP contribution in [0, 0.1) is 6.92 Å². The van der Waals surface area contributed by atoms with Gasteiger partial charge in [0.25, 0.3) is 0 Å². The van der Waals surface area contributed by atoms with Crippen LogP contribution in [0.5, 0.6) is 0 Å². The predicted molar refractivity (Wildman–Crippen MR) is 70.4 cm³/mol. The Bertz CT molecular complexity index is 518. The maximum Gasteiger partial charge on any atom is 0.246 e. The van der Waals surface area contributed by atoms with Gasteiger partial charge in [0.15, 0.2) is 0 Å². The number of hydrogen-bond donors (Lipinski definition) is 1. The predicted octanol–water partition coefficient (Wildman–Crippen LogP) is 0.718. The molecule has 19 heavy (non-hydrogen) atoms. The Morgan fingerprint density at radius 2 is 2.05 bits per heavy atom. The molecule has 0 radical (unpaired) electrons. The second-order valence-electron chi connectivity index (χ2n) is 4.43. The number of hydrogen-bond acceptors (Lipinski definition) is 5. The third-order valence-electron chi connectivity index (χ3n) is 3.06. The van der Waals surface area contributed by atoms with Crippen LogP contribution in [0.4, 0.5) is 0 Å². The quantitative estimate of drug-likeness (QED) is 0.864. The molecule has 1 aromatic rings. The normalized spacial score (nSPS) is 17.8. The van der Waals surface area contributed by atoms with Gasteiger partial charge in [0.05, 0.1) is 19.8 Å². The van der Waals surface area contributed by atoms with Gasteiger partial charge in [-0.1, -0.05) is 6.92 Å². The van der Waals surface area contributed by atoms with Gasteiger partial charge in [-0.25, -0.2) is 8.42 Å². The minimum atomic E-state index is -3.47. The van der Waals surface area contributed by atoms with Crippen molar-refractivity contribution in [1.82, 2.24) is 9.62 Å². The molecule has 1 fully saturated rings. The zero-order valence-corrected chi connectivity index (χ0v) is 12.1. The molecule has 0 amide bonds. The molecule has 0 aromatic carbocycles. The largest absolute Gasteiger partial charge is 0.464 e. The summed E-state index contributed by atoms with van der Waals surface area (Å²) in [7, 11) is -3.47. The van der Waals surface area contributed by atoms with Crippen LogP contribution < -0.4 is 5.32 Å². The van der Waals surface area contributed by atoms with Gasteiger partial charge in [-0.15, -0.1) is 0 Å². The fraction of sp³-hybridized carbons (Fsp3) is 0.667. The van der Waals surface area contributed by atoms with Gasteiger partial charge in [0.2, 0.25) is 10.0 Å². The molecule has 0 unspecified atom stereocenters. The van der Waals surface area contributed by atoms with Crippen molar-refractivity contribution in [2.75, 3.05) is 32.8 Å². The summed E-state index contributed by atoms with van der Waals surface area (Å²) >= 11 is 0. The zero-order chi connectivity index (χ0) is 13.9. The Kier molecular flexibility index (Phi) is 4.62. The molecule has 1 N–H and O–H groups in total. The van der Waals surface area contributed by atoms with Crippen LogP contribution >= 0.6 is 0 Å². The van der Waals surface area contributed by atoms with Crippen LogP contribution in [0.2, 0.25) is 0 Å². The summed E-state index contributed by atoms with van der Waals surface area (Å²) in [5.74, 6) is 1.09. The Morgan fingerprint density at radius 3 is 2.68 bits per heavy atom. The fourth-order valence-corrected chi connectivity index (χ4v) is 3.63. The average molecular weight is 288 g/mol. The van der Waals surface area contributed by atoms with E-state index in [2.05, 4.69) is 5.32 Å². The van der Waals surface area contributed by atoms with Crippen LogP contribution in [0.3, 0.4) is 0 Å². The number of aryl methyl sites for hydroxylation is 1. The standard InChI is InChI=1S/C12H20N2O4S/c1-3-13-9-11-8-12(10(2)18-11)19(15,16)14-4-6-17-7-5-14/h8,13H,3-7,9H2,1-2H3. The van der Waals surface area contributed by atoms with Gasteiger partial charge in [-0.05, 0) is 13.5 Å². The van der Waals surface area contributed by atoms with Crippen LogP contribution in [0.1, 0.15) is 18.4 Å². The lowest BCUT2D eigenvalue weighted by atomic mass is 10.4. The van der Waals surface area contributed by atoms with E-state index in [1.165, 1.54) is 4.31 Å². The molecule has 1 aromatic heterocycles. The maximum atomic E-state index is 12.5. The Morgan fingerprint density at radius 1 is 1.37 bits per heavy atom. The summed E-state index contributed by atoms with van der Waals surface area (Å²) in [6.45, 7) is 6.71. The molecule has 0 atom stereocenters. The molecule has 7 heteroatoms. The first kappa shape index (κ1) is 14.5. The van der Waals surface area contributed by atoms with Crippen molar-refractivity contribution in [2.45, 2.75) is 25.3 Å². The van der Waals surface area contributed by atoms with E-state index in [4.69, 9.17) is 9.15 Å². The molecule has 1 saturated heterocycles. The number of furan rings is 1. The first-order valence-corrected chi connectivity index (χ1v) is 7.87.